The SMILES string of the molecule is C[C@H](CCc1ccccc1)n1cnc2c(c1=O)c1nc3ccccc3nc1n2Cc1ccc(Cl)cc1. The van der Waals surface area contributed by atoms with Gasteiger partial charge in [-0.1, -0.05) is 66.2 Å². The summed E-state index contributed by atoms with van der Waals surface area (Å²) in [7, 11) is 0. The first-order valence-electron chi connectivity index (χ1n) is 12.0. The molecule has 0 saturated heterocycles. The molecule has 0 bridgehead atoms. The average molecular weight is 494 g/mol. The molecule has 0 saturated carbocycles. The summed E-state index contributed by atoms with van der Waals surface area (Å²) in [5.41, 5.74) is 5.55. The molecular formula is C29H24ClN5O. The van der Waals surface area contributed by atoms with Crippen molar-refractivity contribution in [2.24, 2.45) is 0 Å². The predicted molar refractivity (Wildman–Crippen MR) is 145 cm³/mol. The summed E-state index contributed by atoms with van der Waals surface area (Å²) in [6, 6.07) is 25.7. The van der Waals surface area contributed by atoms with Crippen LogP contribution in [0.25, 0.3) is 33.2 Å². The molecule has 0 aliphatic carbocycles. The van der Waals surface area contributed by atoms with Crippen LogP contribution in [-0.2, 0) is 13.0 Å². The number of rotatable bonds is 6. The number of halogens is 1. The third kappa shape index (κ3) is 4.03. The van der Waals surface area contributed by atoms with Gasteiger partial charge in [-0.25, -0.2) is 15.0 Å². The van der Waals surface area contributed by atoms with E-state index in [1.165, 1.54) is 5.56 Å². The van der Waals surface area contributed by atoms with E-state index in [9.17, 15) is 4.79 Å². The summed E-state index contributed by atoms with van der Waals surface area (Å²) in [5, 5.41) is 1.18. The normalized spacial score (nSPS) is 12.5. The number of para-hydroxylation sites is 2. The summed E-state index contributed by atoms with van der Waals surface area (Å²) in [6.07, 6.45) is 3.38. The molecule has 0 N–H and O–H groups in total. The minimum Gasteiger partial charge on any atom is -0.304 e. The van der Waals surface area contributed by atoms with E-state index in [-0.39, 0.29) is 11.6 Å². The van der Waals surface area contributed by atoms with Crippen LogP contribution in [0.4, 0.5) is 0 Å². The lowest BCUT2D eigenvalue weighted by atomic mass is 10.1. The molecule has 0 aliphatic rings. The fraction of sp³-hybridized carbons (Fsp3) is 0.172. The molecule has 0 aliphatic heterocycles. The van der Waals surface area contributed by atoms with E-state index in [0.29, 0.717) is 33.8 Å². The number of benzene rings is 3. The third-order valence-corrected chi connectivity index (χ3v) is 6.95. The van der Waals surface area contributed by atoms with Crippen molar-refractivity contribution >= 4 is 44.8 Å². The number of aromatic nitrogens is 5. The third-order valence-electron chi connectivity index (χ3n) is 6.70. The maximum absolute atomic E-state index is 13.9. The van der Waals surface area contributed by atoms with Crippen LogP contribution in [0.5, 0.6) is 0 Å². The monoisotopic (exact) mass is 493 g/mol. The summed E-state index contributed by atoms with van der Waals surface area (Å²) in [6.45, 7) is 2.57. The second-order valence-corrected chi connectivity index (χ2v) is 9.56. The Morgan fingerprint density at radius 2 is 1.53 bits per heavy atom. The molecule has 0 radical (unpaired) electrons. The standard InChI is InChI=1S/C29H24ClN5O/c1-19(11-12-20-7-3-2-4-8-20)35-18-31-27-25(29(35)36)26-28(33-24-10-6-5-9-23(24)32-26)34(27)17-21-13-15-22(30)16-14-21/h2-10,13-16,18-19H,11-12,17H2,1H3/t19-/m1/s1. The summed E-state index contributed by atoms with van der Waals surface area (Å²) >= 11 is 6.10. The maximum atomic E-state index is 13.9. The fourth-order valence-corrected chi connectivity index (χ4v) is 4.84. The van der Waals surface area contributed by atoms with Crippen molar-refractivity contribution in [2.75, 3.05) is 0 Å². The Bertz CT molecular complexity index is 1760. The first-order valence-corrected chi connectivity index (χ1v) is 12.4. The Kier molecular flexibility index (Phi) is 5.74. The van der Waals surface area contributed by atoms with Crippen LogP contribution >= 0.6 is 11.6 Å². The van der Waals surface area contributed by atoms with E-state index in [4.69, 9.17) is 26.6 Å². The molecule has 3 heterocycles. The molecule has 3 aromatic carbocycles. The van der Waals surface area contributed by atoms with Crippen molar-refractivity contribution in [3.63, 3.8) is 0 Å². The zero-order valence-electron chi connectivity index (χ0n) is 19.8. The molecule has 3 aromatic heterocycles. The molecule has 6 rings (SSSR count). The Labute approximate surface area is 212 Å². The Hall–Kier alpha value is -4.03. The highest BCUT2D eigenvalue weighted by Crippen LogP contribution is 2.27. The van der Waals surface area contributed by atoms with Crippen molar-refractivity contribution in [1.29, 1.82) is 0 Å². The second kappa shape index (κ2) is 9.21. The highest BCUT2D eigenvalue weighted by Gasteiger charge is 2.21. The Morgan fingerprint density at radius 1 is 0.833 bits per heavy atom. The molecule has 7 heteroatoms. The lowest BCUT2D eigenvalue weighted by molar-refractivity contribution is 0.489. The minimum absolute atomic E-state index is 0.0160. The van der Waals surface area contributed by atoms with Crippen molar-refractivity contribution in [2.45, 2.75) is 32.4 Å². The van der Waals surface area contributed by atoms with E-state index in [1.54, 1.807) is 10.9 Å². The van der Waals surface area contributed by atoms with Crippen molar-refractivity contribution in [1.82, 2.24) is 24.1 Å². The quantitative estimate of drug-likeness (QED) is 0.277. The molecular weight excluding hydrogens is 470 g/mol. The summed E-state index contributed by atoms with van der Waals surface area (Å²) in [4.78, 5) is 28.4. The molecule has 6 aromatic rings. The lowest BCUT2D eigenvalue weighted by Gasteiger charge is -2.15. The van der Waals surface area contributed by atoms with Gasteiger partial charge in [0.15, 0.2) is 11.3 Å². The van der Waals surface area contributed by atoms with Gasteiger partial charge in [-0.05, 0) is 55.2 Å². The molecule has 6 nitrogen and oxygen atoms in total. The van der Waals surface area contributed by atoms with Gasteiger partial charge in [0.2, 0.25) is 0 Å². The van der Waals surface area contributed by atoms with Crippen molar-refractivity contribution in [3.8, 4) is 0 Å². The van der Waals surface area contributed by atoms with E-state index < -0.39 is 0 Å². The van der Waals surface area contributed by atoms with Crippen LogP contribution in [0.3, 0.4) is 0 Å². The summed E-state index contributed by atoms with van der Waals surface area (Å²) < 4.78 is 3.71. The van der Waals surface area contributed by atoms with Gasteiger partial charge in [-0.15, -0.1) is 0 Å². The van der Waals surface area contributed by atoms with E-state index in [0.717, 1.165) is 29.4 Å². The van der Waals surface area contributed by atoms with Crippen LogP contribution in [0.15, 0.2) is 90.0 Å². The number of nitrogens with zero attached hydrogens (tertiary/aromatic N) is 5. The van der Waals surface area contributed by atoms with Crippen LogP contribution < -0.4 is 5.56 Å². The molecule has 1 atom stereocenters. The summed E-state index contributed by atoms with van der Waals surface area (Å²) in [5.74, 6) is 0. The predicted octanol–water partition coefficient (Wildman–Crippen LogP) is 6.19. The number of hydrogen-bond donors (Lipinski definition) is 0. The first kappa shape index (κ1) is 22.4. The van der Waals surface area contributed by atoms with Gasteiger partial charge in [-0.2, -0.15) is 0 Å². The van der Waals surface area contributed by atoms with Crippen molar-refractivity contribution in [3.05, 3.63) is 112 Å². The average Bonchev–Trinajstić information content (AvgIpc) is 3.21. The van der Waals surface area contributed by atoms with Crippen LogP contribution in [0.2, 0.25) is 5.02 Å². The Balaban J connectivity index is 1.50. The number of aryl methyl sites for hydroxylation is 1. The van der Waals surface area contributed by atoms with E-state index in [1.807, 2.05) is 71.3 Å². The maximum Gasteiger partial charge on any atom is 0.265 e. The molecule has 36 heavy (non-hydrogen) atoms. The van der Waals surface area contributed by atoms with Gasteiger partial charge in [-0.3, -0.25) is 9.36 Å². The molecule has 0 fully saturated rings. The van der Waals surface area contributed by atoms with E-state index in [2.05, 4.69) is 19.1 Å². The van der Waals surface area contributed by atoms with Gasteiger partial charge in [0, 0.05) is 11.1 Å². The first-order chi connectivity index (χ1) is 17.6. The molecule has 178 valence electrons. The highest BCUT2D eigenvalue weighted by atomic mass is 35.5. The minimum atomic E-state index is -0.0926. The van der Waals surface area contributed by atoms with Gasteiger partial charge in [0.25, 0.3) is 5.56 Å². The number of hydrogen-bond acceptors (Lipinski definition) is 4. The van der Waals surface area contributed by atoms with Gasteiger partial charge < -0.3 is 4.57 Å². The van der Waals surface area contributed by atoms with Crippen LogP contribution in [-0.4, -0.2) is 24.1 Å². The van der Waals surface area contributed by atoms with Gasteiger partial charge in [0.1, 0.15) is 17.2 Å². The van der Waals surface area contributed by atoms with Crippen molar-refractivity contribution < 1.29 is 0 Å². The molecule has 0 amide bonds. The largest absolute Gasteiger partial charge is 0.304 e. The topological polar surface area (TPSA) is 65.6 Å². The molecule has 0 spiro atoms. The zero-order valence-corrected chi connectivity index (χ0v) is 20.6. The van der Waals surface area contributed by atoms with E-state index >= 15 is 0 Å². The van der Waals surface area contributed by atoms with Gasteiger partial charge >= 0.3 is 0 Å². The number of fused-ring (bicyclic) bond motifs is 4. The zero-order chi connectivity index (χ0) is 24.6. The van der Waals surface area contributed by atoms with Gasteiger partial charge in [0.05, 0.1) is 17.6 Å². The second-order valence-electron chi connectivity index (χ2n) is 9.13. The van der Waals surface area contributed by atoms with Crippen LogP contribution in [0, 0.1) is 0 Å². The van der Waals surface area contributed by atoms with Crippen LogP contribution in [0.1, 0.15) is 30.5 Å². The highest BCUT2D eigenvalue weighted by molar-refractivity contribution is 6.30. The molecule has 0 unspecified atom stereocenters. The Morgan fingerprint density at radius 3 is 2.28 bits per heavy atom. The lowest BCUT2D eigenvalue weighted by Crippen LogP contribution is -2.24. The smallest absolute Gasteiger partial charge is 0.265 e. The fourth-order valence-electron chi connectivity index (χ4n) is 4.71.